The summed E-state index contributed by atoms with van der Waals surface area (Å²) in [6, 6.07) is 0.230. The lowest BCUT2D eigenvalue weighted by Gasteiger charge is -2.35. The average molecular weight is 251 g/mol. The molecule has 0 aromatic heterocycles. The van der Waals surface area contributed by atoms with Crippen molar-refractivity contribution in [3.63, 3.8) is 0 Å². The van der Waals surface area contributed by atoms with E-state index in [2.05, 4.69) is 5.32 Å². The van der Waals surface area contributed by atoms with Crippen LogP contribution in [0.25, 0.3) is 0 Å². The summed E-state index contributed by atoms with van der Waals surface area (Å²) in [5.41, 5.74) is 0. The van der Waals surface area contributed by atoms with E-state index >= 15 is 0 Å². The van der Waals surface area contributed by atoms with E-state index < -0.39 is 5.97 Å². The maximum Gasteiger partial charge on any atom is 0.321 e. The quantitative estimate of drug-likeness (QED) is 0.793. The van der Waals surface area contributed by atoms with Crippen LogP contribution in [0.4, 0.5) is 0 Å². The second-order valence-corrected chi connectivity index (χ2v) is 6.51. The highest BCUT2D eigenvalue weighted by molar-refractivity contribution is 5.74. The molecule has 18 heavy (non-hydrogen) atoms. The minimum Gasteiger partial charge on any atom is -0.480 e. The van der Waals surface area contributed by atoms with E-state index in [1.54, 1.807) is 0 Å². The Morgan fingerprint density at radius 1 is 0.944 bits per heavy atom. The van der Waals surface area contributed by atoms with Crippen LogP contribution in [0.15, 0.2) is 0 Å². The number of hydrogen-bond donors (Lipinski definition) is 2. The number of rotatable bonds is 2. The third kappa shape index (κ3) is 2.18. The van der Waals surface area contributed by atoms with Crippen molar-refractivity contribution < 1.29 is 9.90 Å². The van der Waals surface area contributed by atoms with Gasteiger partial charge in [0.05, 0.1) is 0 Å². The van der Waals surface area contributed by atoms with Crippen LogP contribution in [0.2, 0.25) is 0 Å². The number of fused-ring (bicyclic) bond motifs is 1. The van der Waals surface area contributed by atoms with Crippen molar-refractivity contribution >= 4 is 5.97 Å². The number of nitrogens with one attached hydrogen (secondary N) is 1. The number of carboxylic acid groups (broad SMARTS) is 1. The highest BCUT2D eigenvalue weighted by atomic mass is 16.4. The molecular weight excluding hydrogens is 226 g/mol. The van der Waals surface area contributed by atoms with Crippen LogP contribution in [0.3, 0.4) is 0 Å². The van der Waals surface area contributed by atoms with Crippen LogP contribution in [-0.4, -0.2) is 23.2 Å². The van der Waals surface area contributed by atoms with Gasteiger partial charge in [0.25, 0.3) is 0 Å². The van der Waals surface area contributed by atoms with Gasteiger partial charge in [0.2, 0.25) is 0 Å². The lowest BCUT2D eigenvalue weighted by molar-refractivity contribution is -0.141. The van der Waals surface area contributed by atoms with Crippen LogP contribution in [0.1, 0.15) is 57.8 Å². The van der Waals surface area contributed by atoms with E-state index in [0.29, 0.717) is 23.8 Å². The molecule has 4 atom stereocenters. The second kappa shape index (κ2) is 5.20. The van der Waals surface area contributed by atoms with Gasteiger partial charge in [0, 0.05) is 6.04 Å². The highest BCUT2D eigenvalue weighted by Crippen LogP contribution is 2.45. The molecule has 1 heterocycles. The zero-order valence-electron chi connectivity index (χ0n) is 11.1. The fraction of sp³-hybridized carbons (Fsp3) is 0.933. The number of carboxylic acids is 1. The van der Waals surface area contributed by atoms with Crippen LogP contribution in [0.5, 0.6) is 0 Å². The Bertz CT molecular complexity index is 312. The molecule has 3 fully saturated rings. The number of aliphatic carboxylic acids is 1. The maximum atomic E-state index is 11.5. The maximum absolute atomic E-state index is 11.5. The second-order valence-electron chi connectivity index (χ2n) is 6.51. The van der Waals surface area contributed by atoms with Gasteiger partial charge in [-0.15, -0.1) is 0 Å². The fourth-order valence-electron chi connectivity index (χ4n) is 4.79. The Kier molecular flexibility index (Phi) is 3.60. The molecule has 2 saturated carbocycles. The molecule has 0 aromatic carbocycles. The molecule has 1 aliphatic heterocycles. The monoisotopic (exact) mass is 251 g/mol. The zero-order chi connectivity index (χ0) is 12.5. The van der Waals surface area contributed by atoms with Gasteiger partial charge < -0.3 is 10.4 Å². The Hall–Kier alpha value is -0.570. The first-order valence-corrected chi connectivity index (χ1v) is 7.76. The molecule has 0 spiro atoms. The van der Waals surface area contributed by atoms with Crippen molar-refractivity contribution in [3.8, 4) is 0 Å². The van der Waals surface area contributed by atoms with Crippen molar-refractivity contribution in [1.29, 1.82) is 0 Å². The Balaban J connectivity index is 1.79. The van der Waals surface area contributed by atoms with Crippen molar-refractivity contribution in [3.05, 3.63) is 0 Å². The fourth-order valence-corrected chi connectivity index (χ4v) is 4.79. The molecule has 2 unspecified atom stereocenters. The molecule has 3 aliphatic rings. The van der Waals surface area contributed by atoms with Crippen molar-refractivity contribution in [2.45, 2.75) is 69.9 Å². The van der Waals surface area contributed by atoms with Crippen LogP contribution >= 0.6 is 0 Å². The SMILES string of the molecule is O=C(O)[C@H]1NC2CCCCC2[C@@H]1C1CCCCC1. The minimum atomic E-state index is -0.611. The molecule has 0 amide bonds. The summed E-state index contributed by atoms with van der Waals surface area (Å²) in [5, 5.41) is 12.9. The van der Waals surface area contributed by atoms with Gasteiger partial charge in [-0.2, -0.15) is 0 Å². The molecular formula is C15H25NO2. The predicted octanol–water partition coefficient (Wildman–Crippen LogP) is 2.80. The minimum absolute atomic E-state index is 0.263. The Labute approximate surface area is 109 Å². The van der Waals surface area contributed by atoms with Crippen LogP contribution in [-0.2, 0) is 4.79 Å². The molecule has 3 nitrogen and oxygen atoms in total. The highest BCUT2D eigenvalue weighted by Gasteiger charge is 2.49. The van der Waals surface area contributed by atoms with Gasteiger partial charge in [0.1, 0.15) is 6.04 Å². The van der Waals surface area contributed by atoms with Crippen molar-refractivity contribution in [1.82, 2.24) is 5.32 Å². The van der Waals surface area contributed by atoms with Crippen LogP contribution < -0.4 is 5.32 Å². The van der Waals surface area contributed by atoms with E-state index in [-0.39, 0.29) is 6.04 Å². The molecule has 1 saturated heterocycles. The molecule has 0 bridgehead atoms. The van der Waals surface area contributed by atoms with Crippen molar-refractivity contribution in [2.75, 3.05) is 0 Å². The molecule has 2 N–H and O–H groups in total. The van der Waals surface area contributed by atoms with Gasteiger partial charge in [-0.05, 0) is 30.6 Å². The van der Waals surface area contributed by atoms with E-state index in [1.807, 2.05) is 0 Å². The van der Waals surface area contributed by atoms with E-state index in [9.17, 15) is 9.90 Å². The zero-order valence-corrected chi connectivity index (χ0v) is 11.1. The Morgan fingerprint density at radius 3 is 2.33 bits per heavy atom. The molecule has 3 heteroatoms. The normalized spacial score (nSPS) is 41.6. The largest absolute Gasteiger partial charge is 0.480 e. The van der Waals surface area contributed by atoms with Crippen molar-refractivity contribution in [2.24, 2.45) is 17.8 Å². The van der Waals surface area contributed by atoms with Gasteiger partial charge in [-0.1, -0.05) is 44.9 Å². The van der Waals surface area contributed by atoms with E-state index in [4.69, 9.17) is 0 Å². The number of carbonyl (C=O) groups is 1. The lowest BCUT2D eigenvalue weighted by Crippen LogP contribution is -2.40. The van der Waals surface area contributed by atoms with E-state index in [0.717, 1.165) is 0 Å². The third-order valence-electron chi connectivity index (χ3n) is 5.55. The summed E-state index contributed by atoms with van der Waals surface area (Å²) in [6.07, 6.45) is 11.5. The standard InChI is InChI=1S/C15H25NO2/c17-15(18)14-13(10-6-2-1-3-7-10)11-8-4-5-9-12(11)16-14/h10-14,16H,1-9H2,(H,17,18)/t11?,12?,13-,14-/m0/s1. The molecule has 0 radical (unpaired) electrons. The molecule has 102 valence electrons. The molecule has 2 aliphatic carbocycles. The van der Waals surface area contributed by atoms with Crippen LogP contribution in [0, 0.1) is 17.8 Å². The van der Waals surface area contributed by atoms with Gasteiger partial charge >= 0.3 is 5.97 Å². The first-order valence-electron chi connectivity index (χ1n) is 7.76. The summed E-state index contributed by atoms with van der Waals surface area (Å²) in [4.78, 5) is 11.5. The Morgan fingerprint density at radius 2 is 1.61 bits per heavy atom. The van der Waals surface area contributed by atoms with E-state index in [1.165, 1.54) is 57.8 Å². The van der Waals surface area contributed by atoms with Gasteiger partial charge in [0.15, 0.2) is 0 Å². The number of hydrogen-bond acceptors (Lipinski definition) is 2. The smallest absolute Gasteiger partial charge is 0.321 e. The lowest BCUT2D eigenvalue weighted by atomic mass is 9.68. The first-order chi connectivity index (χ1) is 8.77. The summed E-state index contributed by atoms with van der Waals surface area (Å²) in [7, 11) is 0. The summed E-state index contributed by atoms with van der Waals surface area (Å²) >= 11 is 0. The third-order valence-corrected chi connectivity index (χ3v) is 5.55. The van der Waals surface area contributed by atoms with Gasteiger partial charge in [-0.3, -0.25) is 4.79 Å². The summed E-state index contributed by atoms with van der Waals surface area (Å²) in [5.74, 6) is 1.11. The van der Waals surface area contributed by atoms with Gasteiger partial charge in [-0.25, -0.2) is 0 Å². The topological polar surface area (TPSA) is 49.3 Å². The predicted molar refractivity (Wildman–Crippen MR) is 70.4 cm³/mol. The average Bonchev–Trinajstić information content (AvgIpc) is 2.79. The summed E-state index contributed by atoms with van der Waals surface area (Å²) < 4.78 is 0. The molecule has 3 rings (SSSR count). The summed E-state index contributed by atoms with van der Waals surface area (Å²) in [6.45, 7) is 0. The first kappa shape index (κ1) is 12.5. The molecule has 0 aromatic rings.